The first-order chi connectivity index (χ1) is 21.8. The fourth-order valence-electron chi connectivity index (χ4n) is 5.82. The summed E-state index contributed by atoms with van der Waals surface area (Å²) >= 11 is 0. The van der Waals surface area contributed by atoms with Gasteiger partial charge in [0.05, 0.1) is 32.3 Å². The molecule has 16 heteroatoms. The SMILES string of the molecule is CCCCCC(C)(C(N)=O)c1ccc(S(C)(=O)=O)c(C(F)(F)F)c1.CS(=O)(=O)c1ccc(C(CC2CCCC2)C(=O)O)cc1C(F)(F)F. The molecular formula is C32H41F6NO7S2. The second kappa shape index (κ2) is 15.6. The van der Waals surface area contributed by atoms with Crippen molar-refractivity contribution in [2.75, 3.05) is 12.5 Å². The Morgan fingerprint density at radius 1 is 0.854 bits per heavy atom. The molecule has 48 heavy (non-hydrogen) atoms. The summed E-state index contributed by atoms with van der Waals surface area (Å²) in [6.45, 7) is 3.45. The van der Waals surface area contributed by atoms with Gasteiger partial charge in [-0.1, -0.05) is 64.0 Å². The van der Waals surface area contributed by atoms with Crippen LogP contribution in [-0.2, 0) is 47.0 Å². The fraction of sp³-hybridized carbons (Fsp3) is 0.562. The van der Waals surface area contributed by atoms with Gasteiger partial charge in [-0.3, -0.25) is 9.59 Å². The smallest absolute Gasteiger partial charge is 0.417 e. The zero-order valence-electron chi connectivity index (χ0n) is 27.0. The quantitative estimate of drug-likeness (QED) is 0.172. The van der Waals surface area contributed by atoms with E-state index in [1.165, 1.54) is 19.1 Å². The van der Waals surface area contributed by atoms with Crippen molar-refractivity contribution in [3.63, 3.8) is 0 Å². The highest BCUT2D eigenvalue weighted by atomic mass is 32.2. The molecule has 0 radical (unpaired) electrons. The lowest BCUT2D eigenvalue weighted by atomic mass is 9.77. The van der Waals surface area contributed by atoms with Crippen molar-refractivity contribution in [1.29, 1.82) is 0 Å². The monoisotopic (exact) mass is 729 g/mol. The fourth-order valence-corrected chi connectivity index (χ4v) is 7.60. The molecule has 1 aliphatic carbocycles. The molecule has 0 aliphatic heterocycles. The zero-order chi connectivity index (χ0) is 36.9. The van der Waals surface area contributed by atoms with Gasteiger partial charge in [0.25, 0.3) is 0 Å². The van der Waals surface area contributed by atoms with Crippen LogP contribution < -0.4 is 5.73 Å². The lowest BCUT2D eigenvalue weighted by Gasteiger charge is -2.28. The average Bonchev–Trinajstić information content (AvgIpc) is 3.47. The van der Waals surface area contributed by atoms with Crippen LogP contribution in [0.4, 0.5) is 26.3 Å². The van der Waals surface area contributed by atoms with E-state index in [0.717, 1.165) is 56.7 Å². The summed E-state index contributed by atoms with van der Waals surface area (Å²) in [5.74, 6) is -2.82. The van der Waals surface area contributed by atoms with E-state index < -0.39 is 76.2 Å². The van der Waals surface area contributed by atoms with Gasteiger partial charge in [0.1, 0.15) is 0 Å². The minimum Gasteiger partial charge on any atom is -0.481 e. The van der Waals surface area contributed by atoms with Gasteiger partial charge in [0, 0.05) is 12.5 Å². The van der Waals surface area contributed by atoms with Gasteiger partial charge in [0.15, 0.2) is 19.7 Å². The number of hydrogen-bond donors (Lipinski definition) is 2. The summed E-state index contributed by atoms with van der Waals surface area (Å²) in [5, 5.41) is 9.41. The molecule has 3 rings (SSSR count). The highest BCUT2D eigenvalue weighted by Gasteiger charge is 2.40. The van der Waals surface area contributed by atoms with Crippen molar-refractivity contribution in [2.24, 2.45) is 11.7 Å². The first-order valence-corrected chi connectivity index (χ1v) is 19.0. The molecule has 0 saturated heterocycles. The van der Waals surface area contributed by atoms with E-state index in [9.17, 15) is 57.9 Å². The molecule has 0 spiro atoms. The second-order valence-corrected chi connectivity index (χ2v) is 16.4. The molecule has 2 aromatic rings. The van der Waals surface area contributed by atoms with E-state index in [1.807, 2.05) is 6.92 Å². The first-order valence-electron chi connectivity index (χ1n) is 15.2. The van der Waals surface area contributed by atoms with Gasteiger partial charge in [-0.2, -0.15) is 26.3 Å². The molecule has 1 fully saturated rings. The van der Waals surface area contributed by atoms with Gasteiger partial charge >= 0.3 is 18.3 Å². The number of halogens is 6. The van der Waals surface area contributed by atoms with Gasteiger partial charge < -0.3 is 10.8 Å². The minimum absolute atomic E-state index is 0.00544. The van der Waals surface area contributed by atoms with Crippen molar-refractivity contribution in [3.05, 3.63) is 58.7 Å². The Hall–Kier alpha value is -3.14. The van der Waals surface area contributed by atoms with Crippen LogP contribution in [0.3, 0.4) is 0 Å². The van der Waals surface area contributed by atoms with E-state index in [-0.39, 0.29) is 23.5 Å². The number of sulfone groups is 2. The third-order valence-corrected chi connectivity index (χ3v) is 10.9. The number of carboxylic acids is 1. The van der Waals surface area contributed by atoms with Gasteiger partial charge in [-0.15, -0.1) is 0 Å². The van der Waals surface area contributed by atoms with E-state index in [2.05, 4.69) is 0 Å². The molecule has 1 saturated carbocycles. The Morgan fingerprint density at radius 2 is 1.33 bits per heavy atom. The molecule has 1 amide bonds. The van der Waals surface area contributed by atoms with Gasteiger partial charge in [-0.25, -0.2) is 16.8 Å². The molecule has 2 aromatic carbocycles. The van der Waals surface area contributed by atoms with E-state index in [1.54, 1.807) is 0 Å². The van der Waals surface area contributed by atoms with Crippen molar-refractivity contribution >= 4 is 31.6 Å². The Kier molecular flexibility index (Phi) is 13.3. The number of carbonyl (C=O) groups is 2. The van der Waals surface area contributed by atoms with Gasteiger partial charge in [0.2, 0.25) is 5.91 Å². The number of aliphatic carboxylic acids is 1. The Morgan fingerprint density at radius 3 is 1.75 bits per heavy atom. The van der Waals surface area contributed by atoms with Crippen LogP contribution in [0.25, 0.3) is 0 Å². The van der Waals surface area contributed by atoms with Crippen molar-refractivity contribution < 1.29 is 57.9 Å². The number of nitrogens with two attached hydrogens (primary N) is 1. The Balaban J connectivity index is 0.000000333. The summed E-state index contributed by atoms with van der Waals surface area (Å²) in [6.07, 6.45) is -1.67. The third-order valence-electron chi connectivity index (χ3n) is 8.60. The third kappa shape index (κ3) is 10.7. The standard InChI is InChI=1S/C16H22F3NO3S.C16H19F3O4S/c1-4-5-6-9-15(2,14(20)21)11-7-8-13(24(3,22)23)12(10-11)16(17,18)19;1-24(22,23)14-7-6-11(9-13(14)16(17,18)19)12(15(20)21)8-10-4-2-3-5-10/h7-8,10H,4-6,9H2,1-3H3,(H2,20,21);6-7,9-10,12H,2-5,8H2,1H3,(H,20,21). The number of carbonyl (C=O) groups excluding carboxylic acids is 1. The molecule has 270 valence electrons. The van der Waals surface area contributed by atoms with Crippen LogP contribution in [0.1, 0.15) is 99.8 Å². The average molecular weight is 730 g/mol. The van der Waals surface area contributed by atoms with Crippen LogP contribution in [0.2, 0.25) is 0 Å². The normalized spacial score (nSPS) is 16.5. The number of amides is 1. The molecule has 0 bridgehead atoms. The minimum atomic E-state index is -4.87. The number of rotatable bonds is 12. The number of hydrogen-bond acceptors (Lipinski definition) is 6. The highest BCUT2D eigenvalue weighted by Crippen LogP contribution is 2.40. The molecular weight excluding hydrogens is 688 g/mol. The second-order valence-electron chi connectivity index (χ2n) is 12.4. The summed E-state index contributed by atoms with van der Waals surface area (Å²) in [4.78, 5) is 21.8. The summed E-state index contributed by atoms with van der Waals surface area (Å²) < 4.78 is 126. The predicted octanol–water partition coefficient (Wildman–Crippen LogP) is 7.29. The van der Waals surface area contributed by atoms with E-state index >= 15 is 0 Å². The number of alkyl halides is 6. The first kappa shape index (κ1) is 41.0. The van der Waals surface area contributed by atoms with Crippen LogP contribution in [0.5, 0.6) is 0 Å². The van der Waals surface area contributed by atoms with E-state index in [4.69, 9.17) is 5.73 Å². The van der Waals surface area contributed by atoms with Crippen LogP contribution in [0, 0.1) is 5.92 Å². The Bertz CT molecular complexity index is 1680. The molecule has 1 aliphatic rings. The summed E-state index contributed by atoms with van der Waals surface area (Å²) in [6, 6.07) is 5.57. The van der Waals surface area contributed by atoms with Crippen LogP contribution in [0.15, 0.2) is 46.2 Å². The van der Waals surface area contributed by atoms with Crippen LogP contribution in [-0.4, -0.2) is 46.3 Å². The number of unbranched alkanes of at least 4 members (excludes halogenated alkanes) is 2. The lowest BCUT2D eigenvalue weighted by Crippen LogP contribution is -2.38. The maximum atomic E-state index is 13.3. The molecule has 0 heterocycles. The van der Waals surface area contributed by atoms with Crippen LogP contribution >= 0.6 is 0 Å². The number of primary amides is 1. The topological polar surface area (TPSA) is 149 Å². The Labute approximate surface area is 276 Å². The largest absolute Gasteiger partial charge is 0.481 e. The van der Waals surface area contributed by atoms with E-state index in [0.29, 0.717) is 31.4 Å². The maximum absolute atomic E-state index is 13.3. The predicted molar refractivity (Wildman–Crippen MR) is 167 cm³/mol. The number of carboxylic acid groups (broad SMARTS) is 1. The summed E-state index contributed by atoms with van der Waals surface area (Å²) in [5.41, 5.74) is 1.63. The van der Waals surface area contributed by atoms with Crippen molar-refractivity contribution in [3.8, 4) is 0 Å². The maximum Gasteiger partial charge on any atom is 0.417 e. The molecule has 8 nitrogen and oxygen atoms in total. The molecule has 2 atom stereocenters. The zero-order valence-corrected chi connectivity index (χ0v) is 28.7. The molecule has 0 aromatic heterocycles. The summed E-state index contributed by atoms with van der Waals surface area (Å²) in [7, 11) is -8.13. The molecule has 2 unspecified atom stereocenters. The number of benzene rings is 2. The van der Waals surface area contributed by atoms with Gasteiger partial charge in [-0.05, 0) is 61.1 Å². The highest BCUT2D eigenvalue weighted by molar-refractivity contribution is 7.91. The van der Waals surface area contributed by atoms with Crippen molar-refractivity contribution in [2.45, 2.75) is 105 Å². The lowest BCUT2D eigenvalue weighted by molar-refractivity contribution is -0.141. The van der Waals surface area contributed by atoms with Crippen molar-refractivity contribution in [1.82, 2.24) is 0 Å². The molecule has 3 N–H and O–H groups in total.